The van der Waals surface area contributed by atoms with E-state index in [9.17, 15) is 9.59 Å². The minimum Gasteiger partial charge on any atom is -0.463 e. The monoisotopic (exact) mass is 214 g/mol. The molecule has 0 aromatic rings. The molecule has 0 radical (unpaired) electrons. The molecule has 0 N–H and O–H groups in total. The van der Waals surface area contributed by atoms with Crippen molar-refractivity contribution in [3.63, 3.8) is 0 Å². The Bertz CT molecular complexity index is 250. The first-order valence-electron chi connectivity index (χ1n) is 4.83. The molecule has 0 aromatic carbocycles. The van der Waals surface area contributed by atoms with Gasteiger partial charge in [0, 0.05) is 0 Å². The van der Waals surface area contributed by atoms with E-state index in [4.69, 9.17) is 9.47 Å². The van der Waals surface area contributed by atoms with Crippen LogP contribution in [-0.4, -0.2) is 24.6 Å². The number of hydrogen-bond donors (Lipinski definition) is 0. The lowest BCUT2D eigenvalue weighted by molar-refractivity contribution is -0.169. The number of esters is 2. The predicted octanol–water partition coefficient (Wildman–Crippen LogP) is 1.69. The predicted molar refractivity (Wildman–Crippen MR) is 56.2 cm³/mol. The molecule has 15 heavy (non-hydrogen) atoms. The van der Waals surface area contributed by atoms with Gasteiger partial charge in [-0.1, -0.05) is 6.58 Å². The summed E-state index contributed by atoms with van der Waals surface area (Å²) in [4.78, 5) is 22.7. The van der Waals surface area contributed by atoms with Gasteiger partial charge in [0.1, 0.15) is 0 Å². The molecule has 0 amide bonds. The van der Waals surface area contributed by atoms with Crippen LogP contribution in [0.1, 0.15) is 27.7 Å². The zero-order valence-electron chi connectivity index (χ0n) is 9.70. The fourth-order valence-electron chi connectivity index (χ4n) is 0.709. The molecular formula is C11H18O4. The molecule has 86 valence electrons. The van der Waals surface area contributed by atoms with E-state index in [0.29, 0.717) is 0 Å². The maximum absolute atomic E-state index is 11.5. The Kier molecular flexibility index (Phi) is 5.05. The maximum atomic E-state index is 11.5. The van der Waals surface area contributed by atoms with E-state index >= 15 is 0 Å². The van der Waals surface area contributed by atoms with Gasteiger partial charge < -0.3 is 9.47 Å². The number of ether oxygens (including phenoxy) is 2. The van der Waals surface area contributed by atoms with Gasteiger partial charge >= 0.3 is 11.9 Å². The van der Waals surface area contributed by atoms with Crippen LogP contribution in [0.15, 0.2) is 12.7 Å². The second kappa shape index (κ2) is 5.53. The van der Waals surface area contributed by atoms with Crippen LogP contribution >= 0.6 is 0 Å². The summed E-state index contributed by atoms with van der Waals surface area (Å²) in [6.07, 6.45) is 0.235. The molecule has 0 aliphatic rings. The van der Waals surface area contributed by atoms with Gasteiger partial charge in [-0.15, -0.1) is 0 Å². The number of hydrogen-bond acceptors (Lipinski definition) is 4. The van der Waals surface area contributed by atoms with E-state index in [1.54, 1.807) is 27.7 Å². The molecule has 1 unspecified atom stereocenters. The van der Waals surface area contributed by atoms with Gasteiger partial charge in [-0.3, -0.25) is 4.79 Å². The zero-order valence-corrected chi connectivity index (χ0v) is 9.70. The molecular weight excluding hydrogens is 196 g/mol. The Morgan fingerprint density at radius 2 is 1.93 bits per heavy atom. The summed E-state index contributed by atoms with van der Waals surface area (Å²) in [5, 5.41) is 0. The zero-order chi connectivity index (χ0) is 12.1. The van der Waals surface area contributed by atoms with Gasteiger partial charge in [-0.25, -0.2) is 4.79 Å². The average molecular weight is 214 g/mol. The van der Waals surface area contributed by atoms with Gasteiger partial charge in [0.05, 0.1) is 12.0 Å². The van der Waals surface area contributed by atoms with Crippen molar-refractivity contribution in [1.29, 1.82) is 0 Å². The number of carbonyl (C=O) groups excluding carboxylic acids is 2. The van der Waals surface area contributed by atoms with Crippen LogP contribution < -0.4 is 0 Å². The third-order valence-electron chi connectivity index (χ3n) is 1.58. The highest BCUT2D eigenvalue weighted by Crippen LogP contribution is 2.16. The lowest BCUT2D eigenvalue weighted by Gasteiger charge is -2.20. The van der Waals surface area contributed by atoms with E-state index in [-0.39, 0.29) is 6.61 Å². The van der Waals surface area contributed by atoms with Crippen molar-refractivity contribution in [2.75, 3.05) is 6.61 Å². The van der Waals surface area contributed by atoms with Gasteiger partial charge in [0.15, 0.2) is 0 Å². The molecule has 0 saturated heterocycles. The van der Waals surface area contributed by atoms with Gasteiger partial charge in [-0.05, 0) is 33.8 Å². The fraction of sp³-hybridized carbons (Fsp3) is 0.636. The number of rotatable bonds is 4. The van der Waals surface area contributed by atoms with Crippen molar-refractivity contribution in [1.82, 2.24) is 0 Å². The van der Waals surface area contributed by atoms with Crippen molar-refractivity contribution >= 4 is 11.9 Å². The summed E-state index contributed by atoms with van der Waals surface area (Å²) < 4.78 is 9.67. The Balaban J connectivity index is 4.41. The van der Waals surface area contributed by atoms with E-state index in [1.165, 1.54) is 6.08 Å². The van der Waals surface area contributed by atoms with E-state index in [1.807, 2.05) is 0 Å². The van der Waals surface area contributed by atoms with Crippen molar-refractivity contribution in [2.45, 2.75) is 33.8 Å². The van der Waals surface area contributed by atoms with E-state index < -0.39 is 23.5 Å². The largest absolute Gasteiger partial charge is 0.463 e. The highest BCUT2D eigenvalue weighted by molar-refractivity contribution is 5.82. The summed E-state index contributed by atoms with van der Waals surface area (Å²) in [7, 11) is 0. The van der Waals surface area contributed by atoms with Crippen LogP contribution in [0.4, 0.5) is 0 Å². The van der Waals surface area contributed by atoms with Crippen LogP contribution in [0.5, 0.6) is 0 Å². The second-order valence-corrected chi connectivity index (χ2v) is 4.06. The molecule has 1 atom stereocenters. The van der Waals surface area contributed by atoms with Crippen molar-refractivity contribution in [2.24, 2.45) is 5.41 Å². The Morgan fingerprint density at radius 1 is 1.40 bits per heavy atom. The average Bonchev–Trinajstić information content (AvgIpc) is 2.12. The second-order valence-electron chi connectivity index (χ2n) is 4.06. The maximum Gasteiger partial charge on any atom is 0.351 e. The Hall–Kier alpha value is -1.32. The summed E-state index contributed by atoms with van der Waals surface area (Å²) in [6, 6.07) is 0. The Morgan fingerprint density at radius 3 is 2.27 bits per heavy atom. The lowest BCUT2D eigenvalue weighted by atomic mass is 9.97. The topological polar surface area (TPSA) is 52.6 Å². The molecule has 0 rings (SSSR count). The molecule has 0 saturated carbocycles. The minimum atomic E-state index is -1.02. The third kappa shape index (κ3) is 4.63. The van der Waals surface area contributed by atoms with Gasteiger partial charge in [0.2, 0.25) is 6.10 Å². The molecule has 0 aliphatic carbocycles. The molecule has 0 heterocycles. The molecule has 0 aliphatic heterocycles. The summed E-state index contributed by atoms with van der Waals surface area (Å²) >= 11 is 0. The fourth-order valence-corrected chi connectivity index (χ4v) is 0.709. The first kappa shape index (κ1) is 13.7. The third-order valence-corrected chi connectivity index (χ3v) is 1.58. The lowest BCUT2D eigenvalue weighted by Crippen LogP contribution is -2.32. The van der Waals surface area contributed by atoms with Crippen LogP contribution in [-0.2, 0) is 19.1 Å². The molecule has 0 spiro atoms. The van der Waals surface area contributed by atoms with Crippen LogP contribution in [0.25, 0.3) is 0 Å². The van der Waals surface area contributed by atoms with Crippen molar-refractivity contribution < 1.29 is 19.1 Å². The summed E-state index contributed by atoms with van der Waals surface area (Å²) in [6.45, 7) is 10.5. The molecule has 0 bridgehead atoms. The van der Waals surface area contributed by atoms with Gasteiger partial charge in [0.25, 0.3) is 0 Å². The quantitative estimate of drug-likeness (QED) is 0.528. The van der Waals surface area contributed by atoms with E-state index in [0.717, 1.165) is 0 Å². The molecule has 0 fully saturated rings. The van der Waals surface area contributed by atoms with Crippen molar-refractivity contribution in [3.05, 3.63) is 12.7 Å². The smallest absolute Gasteiger partial charge is 0.351 e. The molecule has 4 nitrogen and oxygen atoms in total. The Labute approximate surface area is 90.2 Å². The van der Waals surface area contributed by atoms with Gasteiger partial charge in [-0.2, -0.15) is 0 Å². The first-order valence-corrected chi connectivity index (χ1v) is 4.83. The van der Waals surface area contributed by atoms with Crippen LogP contribution in [0.2, 0.25) is 0 Å². The van der Waals surface area contributed by atoms with E-state index in [2.05, 4.69) is 6.58 Å². The molecule has 0 aromatic heterocycles. The summed E-state index contributed by atoms with van der Waals surface area (Å²) in [5.41, 5.74) is -0.645. The minimum absolute atomic E-state index is 0.246. The normalized spacial score (nSPS) is 12.8. The highest BCUT2D eigenvalue weighted by atomic mass is 16.6. The first-order chi connectivity index (χ1) is 6.82. The highest BCUT2D eigenvalue weighted by Gasteiger charge is 2.28. The van der Waals surface area contributed by atoms with Crippen LogP contribution in [0, 0.1) is 5.41 Å². The van der Waals surface area contributed by atoms with Crippen molar-refractivity contribution in [3.8, 4) is 0 Å². The summed E-state index contributed by atoms with van der Waals surface area (Å²) in [5.74, 6) is -1.05. The standard InChI is InChI=1S/C11H18O4/c1-6-8(9(12)14-7-2)15-10(13)11(3,4)5/h6,8H,1,7H2,2-5H3. The SMILES string of the molecule is C=CC(OC(=O)C(C)(C)C)C(=O)OCC. The van der Waals surface area contributed by atoms with Crippen LogP contribution in [0.3, 0.4) is 0 Å². The molecule has 4 heteroatoms. The number of carbonyl (C=O) groups is 2.